The van der Waals surface area contributed by atoms with E-state index in [-0.39, 0.29) is 6.04 Å². The average molecular weight is 207 g/mol. The quantitative estimate of drug-likeness (QED) is 0.807. The van der Waals surface area contributed by atoms with E-state index in [0.29, 0.717) is 11.8 Å². The molecule has 1 saturated carbocycles. The van der Waals surface area contributed by atoms with Crippen LogP contribution in [-0.4, -0.2) is 23.1 Å². The number of nitrogens with zero attached hydrogens (tertiary/aromatic N) is 2. The second-order valence-corrected chi connectivity index (χ2v) is 4.22. The monoisotopic (exact) mass is 207 g/mol. The van der Waals surface area contributed by atoms with E-state index >= 15 is 0 Å². The van der Waals surface area contributed by atoms with Crippen molar-refractivity contribution in [2.45, 2.75) is 38.1 Å². The summed E-state index contributed by atoms with van der Waals surface area (Å²) in [6.07, 6.45) is 5.02. The molecule has 82 valence electrons. The van der Waals surface area contributed by atoms with Crippen molar-refractivity contribution in [3.05, 3.63) is 17.6 Å². The number of aromatic nitrogens is 2. The Labute approximate surface area is 89.9 Å². The van der Waals surface area contributed by atoms with Gasteiger partial charge in [-0.25, -0.2) is 4.98 Å². The normalized spacial score (nSPS) is 17.5. The third kappa shape index (κ3) is 2.45. The lowest BCUT2D eigenvalue weighted by Gasteiger charge is -2.10. The topological polar surface area (TPSA) is 61.0 Å². The van der Waals surface area contributed by atoms with Gasteiger partial charge in [-0.2, -0.15) is 4.98 Å². The van der Waals surface area contributed by atoms with E-state index in [1.807, 2.05) is 13.1 Å². The van der Waals surface area contributed by atoms with Crippen LogP contribution >= 0.6 is 0 Å². The van der Waals surface area contributed by atoms with Crippen molar-refractivity contribution in [2.75, 3.05) is 7.11 Å². The van der Waals surface area contributed by atoms with Crippen molar-refractivity contribution >= 4 is 0 Å². The Morgan fingerprint density at radius 2 is 2.33 bits per heavy atom. The van der Waals surface area contributed by atoms with Gasteiger partial charge < -0.3 is 10.5 Å². The molecular weight excluding hydrogens is 190 g/mol. The molecule has 0 saturated heterocycles. The van der Waals surface area contributed by atoms with E-state index < -0.39 is 0 Å². The fraction of sp³-hybridized carbons (Fsp3) is 0.636. The number of hydrogen-bond acceptors (Lipinski definition) is 4. The third-order valence-corrected chi connectivity index (χ3v) is 2.52. The summed E-state index contributed by atoms with van der Waals surface area (Å²) in [4.78, 5) is 8.77. The standard InChI is InChI=1S/C11H17N3O/c1-7(12)5-9-6-13-10(8-3-4-8)14-11(9)15-2/h6-8H,3-5,12H2,1-2H3. The zero-order chi connectivity index (χ0) is 10.8. The van der Waals surface area contributed by atoms with Crippen LogP contribution in [0.2, 0.25) is 0 Å². The smallest absolute Gasteiger partial charge is 0.219 e. The Bertz CT molecular complexity index is 348. The summed E-state index contributed by atoms with van der Waals surface area (Å²) >= 11 is 0. The van der Waals surface area contributed by atoms with Gasteiger partial charge in [0.15, 0.2) is 0 Å². The summed E-state index contributed by atoms with van der Waals surface area (Å²) in [5.41, 5.74) is 6.74. The number of methoxy groups -OCH3 is 1. The Hall–Kier alpha value is -1.16. The number of hydrogen-bond donors (Lipinski definition) is 1. The summed E-state index contributed by atoms with van der Waals surface area (Å²) in [5, 5.41) is 0. The predicted octanol–water partition coefficient (Wildman–Crippen LogP) is 1.25. The zero-order valence-corrected chi connectivity index (χ0v) is 9.23. The highest BCUT2D eigenvalue weighted by Gasteiger charge is 2.27. The minimum atomic E-state index is 0.106. The van der Waals surface area contributed by atoms with Crippen molar-refractivity contribution in [1.29, 1.82) is 0 Å². The molecule has 1 heterocycles. The maximum Gasteiger partial charge on any atom is 0.219 e. The Balaban J connectivity index is 2.22. The van der Waals surface area contributed by atoms with E-state index in [1.54, 1.807) is 7.11 Å². The molecule has 4 nitrogen and oxygen atoms in total. The van der Waals surface area contributed by atoms with Gasteiger partial charge in [0.05, 0.1) is 7.11 Å². The van der Waals surface area contributed by atoms with E-state index in [9.17, 15) is 0 Å². The molecule has 2 N–H and O–H groups in total. The molecule has 0 spiro atoms. The lowest BCUT2D eigenvalue weighted by atomic mass is 10.1. The molecular formula is C11H17N3O. The number of nitrogens with two attached hydrogens (primary N) is 1. The Kier molecular flexibility index (Phi) is 2.86. The first-order chi connectivity index (χ1) is 7.20. The van der Waals surface area contributed by atoms with Gasteiger partial charge in [-0.15, -0.1) is 0 Å². The van der Waals surface area contributed by atoms with Gasteiger partial charge >= 0.3 is 0 Å². The highest BCUT2D eigenvalue weighted by Crippen LogP contribution is 2.38. The van der Waals surface area contributed by atoms with Crippen molar-refractivity contribution in [2.24, 2.45) is 5.73 Å². The van der Waals surface area contributed by atoms with Gasteiger partial charge in [-0.3, -0.25) is 0 Å². The third-order valence-electron chi connectivity index (χ3n) is 2.52. The Morgan fingerprint density at radius 3 is 2.87 bits per heavy atom. The van der Waals surface area contributed by atoms with Crippen LogP contribution in [0.25, 0.3) is 0 Å². The van der Waals surface area contributed by atoms with Gasteiger partial charge in [0.1, 0.15) is 5.82 Å². The maximum absolute atomic E-state index is 5.75. The van der Waals surface area contributed by atoms with E-state index in [2.05, 4.69) is 9.97 Å². The predicted molar refractivity (Wildman–Crippen MR) is 57.9 cm³/mol. The van der Waals surface area contributed by atoms with Crippen LogP contribution < -0.4 is 10.5 Å². The number of rotatable bonds is 4. The van der Waals surface area contributed by atoms with Crippen LogP contribution in [0.3, 0.4) is 0 Å². The fourth-order valence-corrected chi connectivity index (χ4v) is 1.61. The lowest BCUT2D eigenvalue weighted by Crippen LogP contribution is -2.18. The molecule has 4 heteroatoms. The second kappa shape index (κ2) is 4.14. The summed E-state index contributed by atoms with van der Waals surface area (Å²) in [6, 6.07) is 0.106. The summed E-state index contributed by atoms with van der Waals surface area (Å²) in [7, 11) is 1.64. The first-order valence-electron chi connectivity index (χ1n) is 5.36. The highest BCUT2D eigenvalue weighted by molar-refractivity contribution is 5.26. The van der Waals surface area contributed by atoms with Gasteiger partial charge in [0.25, 0.3) is 0 Å². The zero-order valence-electron chi connectivity index (χ0n) is 9.23. The first kappa shape index (κ1) is 10.4. The molecule has 15 heavy (non-hydrogen) atoms. The first-order valence-corrected chi connectivity index (χ1v) is 5.36. The fourth-order valence-electron chi connectivity index (χ4n) is 1.61. The summed E-state index contributed by atoms with van der Waals surface area (Å²) in [5.74, 6) is 2.16. The average Bonchev–Trinajstić information content (AvgIpc) is 3.01. The SMILES string of the molecule is COc1nc(C2CC2)ncc1CC(C)N. The second-order valence-electron chi connectivity index (χ2n) is 4.22. The highest BCUT2D eigenvalue weighted by atomic mass is 16.5. The van der Waals surface area contributed by atoms with E-state index in [1.165, 1.54) is 12.8 Å². The molecule has 2 rings (SSSR count). The van der Waals surface area contributed by atoms with Crippen molar-refractivity contribution in [3.63, 3.8) is 0 Å². The van der Waals surface area contributed by atoms with Crippen LogP contribution in [-0.2, 0) is 6.42 Å². The molecule has 1 atom stereocenters. The molecule has 1 aliphatic rings. The molecule has 0 radical (unpaired) electrons. The largest absolute Gasteiger partial charge is 0.481 e. The van der Waals surface area contributed by atoms with Gasteiger partial charge in [-0.05, 0) is 26.2 Å². The van der Waals surface area contributed by atoms with Crippen LogP contribution in [0.5, 0.6) is 5.88 Å². The lowest BCUT2D eigenvalue weighted by molar-refractivity contribution is 0.387. The molecule has 0 amide bonds. The molecule has 1 aromatic heterocycles. The molecule has 1 fully saturated rings. The van der Waals surface area contributed by atoms with Crippen LogP contribution in [0, 0.1) is 0 Å². The van der Waals surface area contributed by atoms with Gasteiger partial charge in [0.2, 0.25) is 5.88 Å². The van der Waals surface area contributed by atoms with Crippen LogP contribution in [0.1, 0.15) is 37.1 Å². The minimum Gasteiger partial charge on any atom is -0.481 e. The maximum atomic E-state index is 5.75. The van der Waals surface area contributed by atoms with Gasteiger partial charge in [0, 0.05) is 23.7 Å². The molecule has 1 aliphatic carbocycles. The summed E-state index contributed by atoms with van der Waals surface area (Å²) < 4.78 is 5.26. The van der Waals surface area contributed by atoms with Gasteiger partial charge in [-0.1, -0.05) is 0 Å². The number of ether oxygens (including phenoxy) is 1. The summed E-state index contributed by atoms with van der Waals surface area (Å²) in [6.45, 7) is 1.97. The van der Waals surface area contributed by atoms with Crippen molar-refractivity contribution < 1.29 is 4.74 Å². The van der Waals surface area contributed by atoms with Crippen molar-refractivity contribution in [3.8, 4) is 5.88 Å². The Morgan fingerprint density at radius 1 is 1.60 bits per heavy atom. The van der Waals surface area contributed by atoms with E-state index in [0.717, 1.165) is 17.8 Å². The molecule has 1 aromatic rings. The van der Waals surface area contributed by atoms with E-state index in [4.69, 9.17) is 10.5 Å². The molecule has 0 bridgehead atoms. The molecule has 0 aromatic carbocycles. The van der Waals surface area contributed by atoms with Crippen LogP contribution in [0.4, 0.5) is 0 Å². The minimum absolute atomic E-state index is 0.106. The molecule has 1 unspecified atom stereocenters. The molecule has 0 aliphatic heterocycles. The van der Waals surface area contributed by atoms with Crippen LogP contribution in [0.15, 0.2) is 6.20 Å². The van der Waals surface area contributed by atoms with Crippen molar-refractivity contribution in [1.82, 2.24) is 9.97 Å².